The molecule has 0 unspecified atom stereocenters. The van der Waals surface area contributed by atoms with Crippen molar-refractivity contribution in [3.05, 3.63) is 24.7 Å². The number of fused-ring (bicyclic) bond motifs is 2. The van der Waals surface area contributed by atoms with Crippen LogP contribution in [0.1, 0.15) is 12.8 Å². The summed E-state index contributed by atoms with van der Waals surface area (Å²) in [6.45, 7) is -0.125. The Bertz CT molecular complexity index is 709. The first kappa shape index (κ1) is 18.7. The molecule has 0 aromatic heterocycles. The zero-order chi connectivity index (χ0) is 19.6. The molecule has 2 fully saturated rings. The van der Waals surface area contributed by atoms with Crippen LogP contribution < -0.4 is 5.48 Å². The molecule has 2 bridgehead atoms. The minimum Gasteiger partial charge on any atom is -0.465 e. The van der Waals surface area contributed by atoms with Crippen molar-refractivity contribution in [3.63, 3.8) is 0 Å². The highest BCUT2D eigenvalue weighted by Crippen LogP contribution is 2.28. The van der Waals surface area contributed by atoms with Crippen LogP contribution in [0.2, 0.25) is 0 Å². The van der Waals surface area contributed by atoms with Crippen molar-refractivity contribution in [2.75, 3.05) is 19.7 Å². The van der Waals surface area contributed by atoms with Crippen LogP contribution >= 0.6 is 0 Å². The summed E-state index contributed by atoms with van der Waals surface area (Å²) in [5.41, 5.74) is 2.15. The van der Waals surface area contributed by atoms with Crippen molar-refractivity contribution in [1.82, 2.24) is 25.2 Å². The number of hydrogen-bond acceptors (Lipinski definition) is 6. The first-order valence-electron chi connectivity index (χ1n) is 8.24. The second-order valence-electron chi connectivity index (χ2n) is 6.20. The van der Waals surface area contributed by atoms with E-state index in [-0.39, 0.29) is 19.1 Å². The van der Waals surface area contributed by atoms with Gasteiger partial charge in [0.25, 0.3) is 11.8 Å². The van der Waals surface area contributed by atoms with Crippen molar-refractivity contribution in [3.8, 4) is 0 Å². The fourth-order valence-corrected chi connectivity index (χ4v) is 3.08. The van der Waals surface area contributed by atoms with Crippen LogP contribution in [0.4, 0.5) is 9.59 Å². The van der Waals surface area contributed by atoms with Gasteiger partial charge in [-0.1, -0.05) is 0 Å². The van der Waals surface area contributed by atoms with Crippen LogP contribution in [0.15, 0.2) is 24.7 Å². The summed E-state index contributed by atoms with van der Waals surface area (Å²) in [6.07, 6.45) is 5.09. The molecule has 3 aliphatic heterocycles. The number of nitrogens with one attached hydrogen (secondary N) is 1. The average molecular weight is 381 g/mol. The molecule has 5 amide bonds. The lowest BCUT2D eigenvalue weighted by molar-refractivity contribution is -0.145. The first-order chi connectivity index (χ1) is 12.9. The molecular formula is C15H19N5O7. The lowest BCUT2D eigenvalue weighted by Crippen LogP contribution is -2.50. The van der Waals surface area contributed by atoms with E-state index in [0.29, 0.717) is 17.9 Å². The van der Waals surface area contributed by atoms with Gasteiger partial charge in [-0.2, -0.15) is 0 Å². The molecule has 27 heavy (non-hydrogen) atoms. The van der Waals surface area contributed by atoms with Crippen molar-refractivity contribution in [1.29, 1.82) is 0 Å². The second-order valence-corrected chi connectivity index (χ2v) is 6.20. The minimum absolute atomic E-state index is 0.0988. The third-order valence-corrected chi connectivity index (χ3v) is 4.52. The molecule has 0 spiro atoms. The van der Waals surface area contributed by atoms with Gasteiger partial charge in [0.05, 0.1) is 6.04 Å². The number of urea groups is 1. The SMILES string of the molecule is O=C(NOCC(=O)N1C=CCN(C(=O)O)C=C1)[C@@H]1CC[C@@H]2CN1C(=O)N2O. The summed E-state index contributed by atoms with van der Waals surface area (Å²) in [5.74, 6) is -1.11. The summed E-state index contributed by atoms with van der Waals surface area (Å²) >= 11 is 0. The predicted molar refractivity (Wildman–Crippen MR) is 86.5 cm³/mol. The molecule has 0 saturated carbocycles. The van der Waals surface area contributed by atoms with Crippen LogP contribution in [0, 0.1) is 0 Å². The van der Waals surface area contributed by atoms with Crippen LogP contribution in [-0.2, 0) is 14.4 Å². The smallest absolute Gasteiger partial charge is 0.411 e. The van der Waals surface area contributed by atoms with Gasteiger partial charge >= 0.3 is 12.1 Å². The number of piperidine rings is 1. The average Bonchev–Trinajstić information content (AvgIpc) is 2.85. The van der Waals surface area contributed by atoms with E-state index in [1.807, 2.05) is 0 Å². The predicted octanol–water partition coefficient (Wildman–Crippen LogP) is -0.501. The third-order valence-electron chi connectivity index (χ3n) is 4.52. The number of amides is 5. The number of rotatable bonds is 4. The van der Waals surface area contributed by atoms with E-state index in [1.165, 1.54) is 29.6 Å². The molecule has 2 atom stereocenters. The van der Waals surface area contributed by atoms with Gasteiger partial charge in [-0.25, -0.2) is 20.1 Å². The monoisotopic (exact) mass is 381 g/mol. The van der Waals surface area contributed by atoms with E-state index in [4.69, 9.17) is 9.94 Å². The molecule has 3 N–H and O–H groups in total. The lowest BCUT2D eigenvalue weighted by atomic mass is 10.0. The molecule has 0 aliphatic carbocycles. The number of carbonyl (C=O) groups is 4. The highest BCUT2D eigenvalue weighted by atomic mass is 16.7. The maximum atomic E-state index is 12.2. The van der Waals surface area contributed by atoms with Crippen molar-refractivity contribution >= 4 is 23.9 Å². The molecule has 12 heteroatoms. The molecule has 0 aromatic carbocycles. The Balaban J connectivity index is 1.47. The van der Waals surface area contributed by atoms with Gasteiger partial charge in [-0.3, -0.25) is 29.4 Å². The summed E-state index contributed by atoms with van der Waals surface area (Å²) in [5, 5.41) is 19.2. The number of nitrogens with zero attached hydrogens (tertiary/aromatic N) is 4. The van der Waals surface area contributed by atoms with Gasteiger partial charge < -0.3 is 10.0 Å². The maximum Gasteiger partial charge on any atom is 0.411 e. The molecular weight excluding hydrogens is 362 g/mol. The Morgan fingerprint density at radius 2 is 2.00 bits per heavy atom. The van der Waals surface area contributed by atoms with Gasteiger partial charge in [0, 0.05) is 31.7 Å². The Morgan fingerprint density at radius 1 is 1.22 bits per heavy atom. The van der Waals surface area contributed by atoms with E-state index in [9.17, 15) is 24.4 Å². The lowest BCUT2D eigenvalue weighted by Gasteiger charge is -2.28. The number of carbonyl (C=O) groups excluding carboxylic acids is 3. The summed E-state index contributed by atoms with van der Waals surface area (Å²) in [7, 11) is 0. The molecule has 12 nitrogen and oxygen atoms in total. The van der Waals surface area contributed by atoms with Crippen LogP contribution in [0.25, 0.3) is 0 Å². The van der Waals surface area contributed by atoms with Crippen LogP contribution in [0.3, 0.4) is 0 Å². The highest BCUT2D eigenvalue weighted by molar-refractivity contribution is 5.88. The number of hydrogen-bond donors (Lipinski definition) is 3. The molecule has 3 aliphatic rings. The van der Waals surface area contributed by atoms with Crippen molar-refractivity contribution in [2.24, 2.45) is 0 Å². The van der Waals surface area contributed by atoms with Gasteiger partial charge in [0.1, 0.15) is 6.04 Å². The van der Waals surface area contributed by atoms with Gasteiger partial charge in [0.15, 0.2) is 6.61 Å². The quantitative estimate of drug-likeness (QED) is 0.440. The zero-order valence-electron chi connectivity index (χ0n) is 14.2. The van der Waals surface area contributed by atoms with E-state index in [2.05, 4.69) is 5.48 Å². The third kappa shape index (κ3) is 3.85. The Kier molecular flexibility index (Phi) is 5.28. The van der Waals surface area contributed by atoms with Crippen molar-refractivity contribution in [2.45, 2.75) is 24.9 Å². The Hall–Kier alpha value is -3.12. The van der Waals surface area contributed by atoms with Crippen molar-refractivity contribution < 1.29 is 34.3 Å². The Morgan fingerprint density at radius 3 is 2.74 bits per heavy atom. The summed E-state index contributed by atoms with van der Waals surface area (Å²) in [6, 6.07) is -1.71. The van der Waals surface area contributed by atoms with E-state index in [0.717, 1.165) is 9.80 Å². The van der Waals surface area contributed by atoms with Crippen LogP contribution in [0.5, 0.6) is 0 Å². The fourth-order valence-electron chi connectivity index (χ4n) is 3.08. The van der Waals surface area contributed by atoms with Gasteiger partial charge in [-0.05, 0) is 18.9 Å². The topological polar surface area (TPSA) is 143 Å². The molecule has 2 saturated heterocycles. The van der Waals surface area contributed by atoms with Gasteiger partial charge in [0.2, 0.25) is 0 Å². The van der Waals surface area contributed by atoms with E-state index in [1.54, 1.807) is 0 Å². The van der Waals surface area contributed by atoms with E-state index < -0.39 is 36.6 Å². The number of carboxylic acid groups (broad SMARTS) is 1. The Labute approximate surface area is 153 Å². The molecule has 3 rings (SSSR count). The second kappa shape index (κ2) is 7.63. The normalized spacial score (nSPS) is 24.3. The molecule has 0 radical (unpaired) electrons. The standard InChI is InChI=1S/C15H19N5O7/c21-12(17-4-1-5-18(7-6-17)15(24)25)9-27-16-13(22)11-3-2-10-8-19(11)14(23)20(10)26/h1,4,6-7,10-11,26H,2-3,5,8-9H2,(H,16,22)(H,24,25)/t10-,11+/m1/s1. The highest BCUT2D eigenvalue weighted by Gasteiger charge is 2.46. The van der Waals surface area contributed by atoms with Crippen LogP contribution in [-0.4, -0.2) is 85.8 Å². The maximum absolute atomic E-state index is 12.2. The fraction of sp³-hybridized carbons (Fsp3) is 0.467. The molecule has 146 valence electrons. The summed E-state index contributed by atoms with van der Waals surface area (Å²) < 4.78 is 0. The summed E-state index contributed by atoms with van der Waals surface area (Å²) in [4.78, 5) is 55.4. The largest absolute Gasteiger partial charge is 0.465 e. The van der Waals surface area contributed by atoms with Gasteiger partial charge in [-0.15, -0.1) is 0 Å². The first-order valence-corrected chi connectivity index (χ1v) is 8.24. The number of hydroxylamine groups is 3. The van der Waals surface area contributed by atoms with E-state index >= 15 is 0 Å². The molecule has 0 aromatic rings. The zero-order valence-corrected chi connectivity index (χ0v) is 14.2. The molecule has 3 heterocycles. The minimum atomic E-state index is -1.15.